The summed E-state index contributed by atoms with van der Waals surface area (Å²) in [7, 11) is 4.24. The van der Waals surface area contributed by atoms with Gasteiger partial charge in [0.1, 0.15) is 42.2 Å². The topological polar surface area (TPSA) is 168 Å². The van der Waals surface area contributed by atoms with Gasteiger partial charge >= 0.3 is 12.1 Å². The molecule has 4 aliphatic heterocycles. The monoisotopic (exact) mass is 698 g/mol. The van der Waals surface area contributed by atoms with Gasteiger partial charge in [-0.05, 0) is 61.3 Å². The molecule has 49 heavy (non-hydrogen) atoms. The third-order valence-electron chi connectivity index (χ3n) is 8.85. The summed E-state index contributed by atoms with van der Waals surface area (Å²) in [5, 5.41) is 5.90. The zero-order valence-electron chi connectivity index (χ0n) is 30.2. The van der Waals surface area contributed by atoms with Gasteiger partial charge in [0, 0.05) is 14.2 Å². The van der Waals surface area contributed by atoms with Crippen LogP contribution in [0.4, 0.5) is 4.79 Å². The lowest BCUT2D eigenvalue weighted by Gasteiger charge is -2.38. The molecule has 0 radical (unpaired) electrons. The van der Waals surface area contributed by atoms with Gasteiger partial charge in [-0.3, -0.25) is 9.59 Å². The van der Waals surface area contributed by atoms with Crippen LogP contribution in [0.2, 0.25) is 0 Å². The molecular weight excluding hydrogens is 644 g/mol. The first-order valence-corrected chi connectivity index (χ1v) is 16.6. The van der Waals surface area contributed by atoms with E-state index < -0.39 is 108 Å². The van der Waals surface area contributed by atoms with Crippen LogP contribution >= 0.6 is 0 Å². The number of alkyl carbamates (subject to hydrolysis) is 1. The Kier molecular flexibility index (Phi) is 12.2. The van der Waals surface area contributed by atoms with Crippen molar-refractivity contribution in [3.63, 3.8) is 0 Å². The lowest BCUT2D eigenvalue weighted by Crippen LogP contribution is -2.61. The highest BCUT2D eigenvalue weighted by atomic mass is 16.9. The van der Waals surface area contributed by atoms with Gasteiger partial charge < -0.3 is 58.0 Å². The summed E-state index contributed by atoms with van der Waals surface area (Å²) >= 11 is 0. The third-order valence-corrected chi connectivity index (χ3v) is 8.85. The molecule has 0 aliphatic carbocycles. The van der Waals surface area contributed by atoms with E-state index >= 15 is 0 Å². The van der Waals surface area contributed by atoms with E-state index in [1.54, 1.807) is 60.6 Å². The number of nitrogens with one attached hydrogen (secondary N) is 2. The fourth-order valence-electron chi connectivity index (χ4n) is 6.98. The van der Waals surface area contributed by atoms with Crippen molar-refractivity contribution in [1.29, 1.82) is 0 Å². The molecule has 0 aromatic rings. The Bertz CT molecular complexity index is 1220. The van der Waals surface area contributed by atoms with E-state index in [0.717, 1.165) is 0 Å². The molecule has 0 unspecified atom stereocenters. The highest BCUT2D eigenvalue weighted by molar-refractivity contribution is 5.82. The average Bonchev–Trinajstić information content (AvgIpc) is 3.68. The van der Waals surface area contributed by atoms with Crippen LogP contribution in [0.15, 0.2) is 25.3 Å². The number of ether oxygens (including phenoxy) is 10. The Balaban J connectivity index is 1.71. The number of carbonyl (C=O) groups excluding carboxylic acids is 3. The van der Waals surface area contributed by atoms with E-state index in [4.69, 9.17) is 47.4 Å². The van der Waals surface area contributed by atoms with E-state index in [-0.39, 0.29) is 12.8 Å². The zero-order chi connectivity index (χ0) is 36.5. The van der Waals surface area contributed by atoms with Crippen molar-refractivity contribution in [2.75, 3.05) is 21.3 Å². The van der Waals surface area contributed by atoms with Crippen LogP contribution in [0.25, 0.3) is 0 Å². The number of amides is 2. The molecule has 12 atom stereocenters. The van der Waals surface area contributed by atoms with E-state index in [2.05, 4.69) is 23.8 Å². The summed E-state index contributed by atoms with van der Waals surface area (Å²) in [6.45, 7) is 19.9. The Morgan fingerprint density at radius 1 is 0.755 bits per heavy atom. The number of hydrogen-bond donors (Lipinski definition) is 2. The Hall–Kier alpha value is -2.63. The van der Waals surface area contributed by atoms with Crippen LogP contribution in [0.5, 0.6) is 0 Å². The van der Waals surface area contributed by atoms with Gasteiger partial charge in [-0.1, -0.05) is 12.2 Å². The van der Waals surface area contributed by atoms with Gasteiger partial charge in [0.25, 0.3) is 0 Å². The predicted octanol–water partition coefficient (Wildman–Crippen LogP) is 2.70. The number of rotatable bonds is 14. The predicted molar refractivity (Wildman–Crippen MR) is 173 cm³/mol. The van der Waals surface area contributed by atoms with E-state index in [1.165, 1.54) is 21.3 Å². The SMILES string of the molecule is C=CC[C@H](C(=O)N[C@H]([C@H]1O[C@@H]2OC(C)(C)O[C@@H]2[C@H]1OC)[C@H](CC=C)C(=O)OC)[C@H](NC(=O)OC(C)(C)C)[C@H]1O[C@@H]2OC(C)(C)O[C@@H]2[C@H]1OC. The van der Waals surface area contributed by atoms with Gasteiger partial charge in [0.05, 0.1) is 31.0 Å². The number of methoxy groups -OCH3 is 3. The molecule has 0 saturated carbocycles. The molecule has 0 bridgehead atoms. The minimum Gasteiger partial charge on any atom is -0.469 e. The summed E-state index contributed by atoms with van der Waals surface area (Å²) < 4.78 is 59.2. The maximum absolute atomic E-state index is 14.6. The van der Waals surface area contributed by atoms with E-state index in [9.17, 15) is 14.4 Å². The summed E-state index contributed by atoms with van der Waals surface area (Å²) in [5.41, 5.74) is -0.843. The van der Waals surface area contributed by atoms with Gasteiger partial charge in [0.15, 0.2) is 24.2 Å². The molecule has 4 rings (SSSR count). The van der Waals surface area contributed by atoms with Crippen LogP contribution in [0.3, 0.4) is 0 Å². The molecule has 4 aliphatic rings. The molecule has 2 amide bonds. The highest BCUT2D eigenvalue weighted by Gasteiger charge is 2.60. The van der Waals surface area contributed by atoms with Gasteiger partial charge in [-0.2, -0.15) is 0 Å². The lowest BCUT2D eigenvalue weighted by atomic mass is 9.85. The molecule has 4 saturated heterocycles. The second-order valence-electron chi connectivity index (χ2n) is 14.5. The molecule has 15 heteroatoms. The Morgan fingerprint density at radius 2 is 1.20 bits per heavy atom. The molecule has 278 valence electrons. The minimum absolute atomic E-state index is 0.0765. The summed E-state index contributed by atoms with van der Waals surface area (Å²) in [5.74, 6) is -5.01. The number of allylic oxidation sites excluding steroid dienone is 2. The maximum Gasteiger partial charge on any atom is 0.407 e. The molecule has 0 aromatic heterocycles. The largest absolute Gasteiger partial charge is 0.469 e. The van der Waals surface area contributed by atoms with Gasteiger partial charge in [-0.15, -0.1) is 13.2 Å². The number of hydrogen-bond acceptors (Lipinski definition) is 13. The first kappa shape index (κ1) is 39.2. The minimum atomic E-state index is -1.05. The van der Waals surface area contributed by atoms with Crippen LogP contribution < -0.4 is 10.6 Å². The smallest absolute Gasteiger partial charge is 0.407 e. The summed E-state index contributed by atoms with van der Waals surface area (Å²) in [4.78, 5) is 41.2. The van der Waals surface area contributed by atoms with E-state index in [0.29, 0.717) is 0 Å². The fourth-order valence-corrected chi connectivity index (χ4v) is 6.98. The summed E-state index contributed by atoms with van der Waals surface area (Å²) in [6.07, 6.45) is -3.75. The summed E-state index contributed by atoms with van der Waals surface area (Å²) in [6, 6.07) is -2.07. The molecule has 0 spiro atoms. The molecule has 0 aromatic carbocycles. The molecule has 2 N–H and O–H groups in total. The lowest BCUT2D eigenvalue weighted by molar-refractivity contribution is -0.222. The van der Waals surface area contributed by atoms with Gasteiger partial charge in [0.2, 0.25) is 5.91 Å². The molecule has 15 nitrogen and oxygen atoms in total. The second kappa shape index (κ2) is 15.3. The van der Waals surface area contributed by atoms with Gasteiger partial charge in [-0.25, -0.2) is 4.79 Å². The van der Waals surface area contributed by atoms with Crippen molar-refractivity contribution in [2.24, 2.45) is 11.8 Å². The Labute approximate surface area is 288 Å². The standard InChI is InChI=1S/C34H54N2O13/c1-13-15-17(19(36-31(39)49-32(3,4)5)21-23(40-10)25-29(43-21)47-33(6,7)45-25)27(37)35-20(18(16-14-2)28(38)42-12)22-24(41-11)26-30(44-22)48-34(8,9)46-26/h13-14,17-26,29-30H,1-2,15-16H2,3-12H3,(H,35,37)(H,36,39)/t17-,18-,19-,20-,21+,22+,23-,24-,25+,26+,29+,30+/m0/s1. The fraction of sp³-hybridized carbons (Fsp3) is 0.794. The van der Waals surface area contributed by atoms with Crippen molar-refractivity contribution < 1.29 is 61.8 Å². The maximum atomic E-state index is 14.6. The molecule has 4 heterocycles. The van der Waals surface area contributed by atoms with E-state index in [1.807, 2.05) is 0 Å². The van der Waals surface area contributed by atoms with Crippen molar-refractivity contribution in [1.82, 2.24) is 10.6 Å². The number of esters is 1. The normalized spacial score (nSPS) is 33.8. The molecule has 4 fully saturated rings. The average molecular weight is 699 g/mol. The number of fused-ring (bicyclic) bond motifs is 2. The zero-order valence-corrected chi connectivity index (χ0v) is 30.2. The Morgan fingerprint density at radius 3 is 1.61 bits per heavy atom. The first-order valence-electron chi connectivity index (χ1n) is 16.6. The molecular formula is C34H54N2O13. The quantitative estimate of drug-likeness (QED) is 0.201. The van der Waals surface area contributed by atoms with Crippen molar-refractivity contribution >= 4 is 18.0 Å². The van der Waals surface area contributed by atoms with Crippen molar-refractivity contribution in [2.45, 2.75) is 140 Å². The third kappa shape index (κ3) is 8.82. The highest BCUT2D eigenvalue weighted by Crippen LogP contribution is 2.42. The first-order chi connectivity index (χ1) is 22.9. The van der Waals surface area contributed by atoms with Crippen LogP contribution in [0, 0.1) is 11.8 Å². The van der Waals surface area contributed by atoms with Crippen LogP contribution in [-0.2, 0) is 57.0 Å². The van der Waals surface area contributed by atoms with Crippen molar-refractivity contribution in [3.05, 3.63) is 25.3 Å². The second-order valence-corrected chi connectivity index (χ2v) is 14.5. The van der Waals surface area contributed by atoms with Crippen LogP contribution in [0.1, 0.15) is 61.3 Å². The van der Waals surface area contributed by atoms with Crippen LogP contribution in [-0.4, -0.2) is 118 Å². The van der Waals surface area contributed by atoms with Crippen molar-refractivity contribution in [3.8, 4) is 0 Å². The number of carbonyl (C=O) groups is 3.